The van der Waals surface area contributed by atoms with E-state index in [9.17, 15) is 0 Å². The van der Waals surface area contributed by atoms with Crippen molar-refractivity contribution in [3.05, 3.63) is 224 Å². The van der Waals surface area contributed by atoms with Gasteiger partial charge in [-0.05, 0) is 60.7 Å². The minimum absolute atomic E-state index is 0.0576. The molecule has 0 saturated carbocycles. The molecule has 10 heteroatoms. The molecule has 0 amide bonds. The number of rotatable bonds is 6. The standard InChI is InChI=1S/C64H36F3N5O2/c65-64(66,67)50-25-15-24-44(56(50)72-52-27-12-8-21-41(52)46-32-34-48-43-23-10-14-29-55(43)74-60(48)58(46)72)49-36-39(63-69-61(37-16-3-1-4-17-37)68-62(70-63)38-18-5-2-6-19-38)30-35-53(49)71-51-26-11-7-20-40(51)45-31-33-47-42-22-9-13-28-54(42)73-59(47)57(45)71/h1-36H. The van der Waals surface area contributed by atoms with Crippen molar-refractivity contribution in [1.82, 2.24) is 24.1 Å². The van der Waals surface area contributed by atoms with Crippen molar-refractivity contribution >= 4 is 87.5 Å². The van der Waals surface area contributed by atoms with Gasteiger partial charge in [0.15, 0.2) is 28.6 Å². The first-order valence-electron chi connectivity index (χ1n) is 24.3. The quantitative estimate of drug-likeness (QED) is 0.166. The van der Waals surface area contributed by atoms with Crippen molar-refractivity contribution in [2.45, 2.75) is 6.18 Å². The van der Waals surface area contributed by atoms with E-state index in [4.69, 9.17) is 23.8 Å². The predicted molar refractivity (Wildman–Crippen MR) is 290 cm³/mol. The molecule has 350 valence electrons. The molecule has 0 atom stereocenters. The number of fused-ring (bicyclic) bond motifs is 14. The van der Waals surface area contributed by atoms with Gasteiger partial charge in [0.1, 0.15) is 11.2 Å². The zero-order chi connectivity index (χ0) is 49.2. The lowest BCUT2D eigenvalue weighted by Crippen LogP contribution is -2.13. The Kier molecular flexibility index (Phi) is 8.98. The Morgan fingerprint density at radius 2 is 0.811 bits per heavy atom. The van der Waals surface area contributed by atoms with E-state index in [2.05, 4.69) is 22.8 Å². The molecule has 0 spiro atoms. The van der Waals surface area contributed by atoms with E-state index in [0.717, 1.165) is 70.8 Å². The molecule has 15 rings (SSSR count). The monoisotopic (exact) mass is 963 g/mol. The summed E-state index contributed by atoms with van der Waals surface area (Å²) in [5, 5.41) is 6.96. The van der Waals surface area contributed by atoms with Crippen LogP contribution in [-0.4, -0.2) is 24.1 Å². The molecule has 7 nitrogen and oxygen atoms in total. The number of halogens is 3. The molecule has 15 aromatic rings. The summed E-state index contributed by atoms with van der Waals surface area (Å²) in [6, 6.07) is 69.2. The summed E-state index contributed by atoms with van der Waals surface area (Å²) in [5.74, 6) is 1.26. The molecular weight excluding hydrogens is 928 g/mol. The summed E-state index contributed by atoms with van der Waals surface area (Å²) in [5.41, 5.74) is 7.92. The van der Waals surface area contributed by atoms with Crippen molar-refractivity contribution in [1.29, 1.82) is 0 Å². The highest BCUT2D eigenvalue weighted by Gasteiger charge is 2.37. The van der Waals surface area contributed by atoms with Crippen LogP contribution >= 0.6 is 0 Å². The normalized spacial score (nSPS) is 12.3. The lowest BCUT2D eigenvalue weighted by Gasteiger charge is -2.23. The average Bonchev–Trinajstić information content (AvgIpc) is 4.24. The zero-order valence-electron chi connectivity index (χ0n) is 39.0. The van der Waals surface area contributed by atoms with Crippen LogP contribution < -0.4 is 0 Å². The van der Waals surface area contributed by atoms with E-state index in [0.29, 0.717) is 67.6 Å². The van der Waals surface area contributed by atoms with E-state index < -0.39 is 11.7 Å². The molecule has 10 aromatic carbocycles. The van der Waals surface area contributed by atoms with Crippen molar-refractivity contribution in [2.24, 2.45) is 0 Å². The number of aromatic nitrogens is 5. The Morgan fingerprint density at radius 1 is 0.351 bits per heavy atom. The summed E-state index contributed by atoms with van der Waals surface area (Å²) in [7, 11) is 0. The highest BCUT2D eigenvalue weighted by atomic mass is 19.4. The minimum atomic E-state index is -4.81. The van der Waals surface area contributed by atoms with E-state index in [-0.39, 0.29) is 5.69 Å². The highest BCUT2D eigenvalue weighted by molar-refractivity contribution is 6.23. The van der Waals surface area contributed by atoms with Crippen LogP contribution in [0.4, 0.5) is 13.2 Å². The molecule has 0 radical (unpaired) electrons. The summed E-state index contributed by atoms with van der Waals surface area (Å²) in [4.78, 5) is 15.2. The average molecular weight is 964 g/mol. The van der Waals surface area contributed by atoms with E-state index >= 15 is 13.2 Å². The van der Waals surface area contributed by atoms with Crippen LogP contribution in [0.1, 0.15) is 5.56 Å². The number of alkyl halides is 3. The topological polar surface area (TPSA) is 74.8 Å². The van der Waals surface area contributed by atoms with Crippen LogP contribution in [-0.2, 0) is 6.18 Å². The fourth-order valence-electron chi connectivity index (χ4n) is 11.2. The molecule has 0 saturated heterocycles. The second-order valence-corrected chi connectivity index (χ2v) is 18.5. The van der Waals surface area contributed by atoms with Crippen LogP contribution in [0.15, 0.2) is 227 Å². The Bertz CT molecular complexity index is 4720. The number of furan rings is 2. The maximum Gasteiger partial charge on any atom is 0.418 e. The third-order valence-corrected chi connectivity index (χ3v) is 14.4. The Morgan fingerprint density at radius 3 is 1.36 bits per heavy atom. The molecule has 0 bridgehead atoms. The van der Waals surface area contributed by atoms with Crippen molar-refractivity contribution in [3.63, 3.8) is 0 Å². The Hall–Kier alpha value is -9.80. The third kappa shape index (κ3) is 6.24. The minimum Gasteiger partial charge on any atom is -0.454 e. The first-order valence-corrected chi connectivity index (χ1v) is 24.3. The molecule has 0 N–H and O–H groups in total. The van der Waals surface area contributed by atoms with Gasteiger partial charge in [-0.25, -0.2) is 15.0 Å². The molecule has 0 unspecified atom stereocenters. The van der Waals surface area contributed by atoms with Gasteiger partial charge >= 0.3 is 6.18 Å². The first-order chi connectivity index (χ1) is 36.4. The lowest BCUT2D eigenvalue weighted by atomic mass is 9.95. The lowest BCUT2D eigenvalue weighted by molar-refractivity contribution is -0.137. The molecule has 74 heavy (non-hydrogen) atoms. The molecule has 5 aromatic heterocycles. The number of hydrogen-bond donors (Lipinski definition) is 0. The second kappa shape index (κ2) is 15.9. The number of nitrogens with zero attached hydrogens (tertiary/aromatic N) is 5. The van der Waals surface area contributed by atoms with Crippen LogP contribution in [0.2, 0.25) is 0 Å². The summed E-state index contributed by atoms with van der Waals surface area (Å²) in [6.07, 6.45) is -4.81. The van der Waals surface area contributed by atoms with Crippen LogP contribution in [0.5, 0.6) is 0 Å². The van der Waals surface area contributed by atoms with Crippen molar-refractivity contribution < 1.29 is 22.0 Å². The van der Waals surface area contributed by atoms with Gasteiger partial charge in [0.2, 0.25) is 0 Å². The van der Waals surface area contributed by atoms with E-state index in [1.165, 1.54) is 12.1 Å². The van der Waals surface area contributed by atoms with Gasteiger partial charge in [-0.2, -0.15) is 13.2 Å². The smallest absolute Gasteiger partial charge is 0.418 e. The van der Waals surface area contributed by atoms with Crippen LogP contribution in [0.3, 0.4) is 0 Å². The molecule has 0 aliphatic rings. The summed E-state index contributed by atoms with van der Waals surface area (Å²) >= 11 is 0. The predicted octanol–water partition coefficient (Wildman–Crippen LogP) is 17.6. The van der Waals surface area contributed by atoms with Crippen LogP contribution in [0, 0.1) is 0 Å². The van der Waals surface area contributed by atoms with E-state index in [1.807, 2.05) is 182 Å². The zero-order valence-corrected chi connectivity index (χ0v) is 39.0. The van der Waals surface area contributed by atoms with Gasteiger partial charge in [-0.3, -0.25) is 0 Å². The molecule has 0 aliphatic carbocycles. The van der Waals surface area contributed by atoms with Gasteiger partial charge in [-0.1, -0.05) is 158 Å². The van der Waals surface area contributed by atoms with Crippen LogP contribution in [0.25, 0.3) is 144 Å². The third-order valence-electron chi connectivity index (χ3n) is 14.4. The van der Waals surface area contributed by atoms with Gasteiger partial charge < -0.3 is 18.0 Å². The van der Waals surface area contributed by atoms with Gasteiger partial charge in [-0.15, -0.1) is 0 Å². The maximum atomic E-state index is 16.4. The molecule has 0 aliphatic heterocycles. The number of para-hydroxylation sites is 5. The van der Waals surface area contributed by atoms with Crippen molar-refractivity contribution in [3.8, 4) is 56.7 Å². The van der Waals surface area contributed by atoms with Gasteiger partial charge in [0.25, 0.3) is 0 Å². The summed E-state index contributed by atoms with van der Waals surface area (Å²) < 4.78 is 66.5. The number of hydrogen-bond acceptors (Lipinski definition) is 5. The largest absolute Gasteiger partial charge is 0.454 e. The Balaban J connectivity index is 1.11. The molecule has 5 heterocycles. The second-order valence-electron chi connectivity index (χ2n) is 18.5. The fourth-order valence-corrected chi connectivity index (χ4v) is 11.2. The highest BCUT2D eigenvalue weighted by Crippen LogP contribution is 2.49. The van der Waals surface area contributed by atoms with Gasteiger partial charge in [0.05, 0.1) is 39.0 Å². The number of benzene rings is 10. The van der Waals surface area contributed by atoms with Gasteiger partial charge in [0, 0.05) is 70.9 Å². The molecular formula is C64H36F3N5O2. The van der Waals surface area contributed by atoms with E-state index in [1.54, 1.807) is 10.6 Å². The summed E-state index contributed by atoms with van der Waals surface area (Å²) in [6.45, 7) is 0. The first kappa shape index (κ1) is 41.9. The SMILES string of the molecule is FC(F)(F)c1cccc(-c2cc(-c3nc(-c4ccccc4)nc(-c4ccccc4)n3)ccc2-n2c3ccccc3c3ccc4c5ccccc5oc4c32)c1-n1c2ccccc2c2ccc3c4ccccc4oc3c21. The Labute approximate surface area is 418 Å². The molecule has 0 fully saturated rings. The fraction of sp³-hybridized carbons (Fsp3) is 0.0156. The maximum absolute atomic E-state index is 16.4. The van der Waals surface area contributed by atoms with Crippen molar-refractivity contribution in [2.75, 3.05) is 0 Å².